The van der Waals surface area contributed by atoms with Crippen LogP contribution in [0.4, 0.5) is 0 Å². The molecule has 3 heteroatoms. The molecule has 3 nitrogen and oxygen atoms in total. The third-order valence-corrected chi connectivity index (χ3v) is 3.68. The summed E-state index contributed by atoms with van der Waals surface area (Å²) >= 11 is 0. The highest BCUT2D eigenvalue weighted by molar-refractivity contribution is 5.09. The first-order valence-electron chi connectivity index (χ1n) is 7.10. The van der Waals surface area contributed by atoms with Gasteiger partial charge in [0.25, 0.3) is 0 Å². The van der Waals surface area contributed by atoms with E-state index in [1.165, 1.54) is 31.2 Å². The van der Waals surface area contributed by atoms with E-state index in [0.29, 0.717) is 12.1 Å². The van der Waals surface area contributed by atoms with E-state index >= 15 is 0 Å². The molecule has 1 aromatic heterocycles. The highest BCUT2D eigenvalue weighted by Crippen LogP contribution is 2.18. The van der Waals surface area contributed by atoms with Gasteiger partial charge in [0, 0.05) is 25.0 Å². The first-order chi connectivity index (χ1) is 8.84. The van der Waals surface area contributed by atoms with Gasteiger partial charge in [0.05, 0.1) is 6.10 Å². The van der Waals surface area contributed by atoms with Crippen LogP contribution in [0.2, 0.25) is 0 Å². The largest absolute Gasteiger partial charge is 0.378 e. The maximum absolute atomic E-state index is 6.15. The molecule has 2 unspecified atom stereocenters. The van der Waals surface area contributed by atoms with Gasteiger partial charge in [-0.25, -0.2) is 0 Å². The van der Waals surface area contributed by atoms with Gasteiger partial charge in [-0.15, -0.1) is 0 Å². The SMILES string of the molecule is NC(CCCC1CCCO1)CCc1ccncc1. The van der Waals surface area contributed by atoms with Crippen LogP contribution in [0.5, 0.6) is 0 Å². The second kappa shape index (κ2) is 7.49. The summed E-state index contributed by atoms with van der Waals surface area (Å²) in [6.45, 7) is 0.957. The van der Waals surface area contributed by atoms with Gasteiger partial charge in [0.1, 0.15) is 0 Å². The average molecular weight is 248 g/mol. The fraction of sp³-hybridized carbons (Fsp3) is 0.667. The summed E-state index contributed by atoms with van der Waals surface area (Å²) < 4.78 is 5.62. The highest BCUT2D eigenvalue weighted by Gasteiger charge is 2.15. The van der Waals surface area contributed by atoms with Crippen molar-refractivity contribution >= 4 is 0 Å². The van der Waals surface area contributed by atoms with E-state index < -0.39 is 0 Å². The van der Waals surface area contributed by atoms with Crippen LogP contribution in [0.25, 0.3) is 0 Å². The van der Waals surface area contributed by atoms with Crippen LogP contribution >= 0.6 is 0 Å². The number of ether oxygens (including phenoxy) is 1. The molecular weight excluding hydrogens is 224 g/mol. The van der Waals surface area contributed by atoms with Crippen molar-refractivity contribution in [3.63, 3.8) is 0 Å². The summed E-state index contributed by atoms with van der Waals surface area (Å²) in [5.41, 5.74) is 7.48. The Morgan fingerprint density at radius 3 is 2.89 bits per heavy atom. The van der Waals surface area contributed by atoms with E-state index in [9.17, 15) is 0 Å². The van der Waals surface area contributed by atoms with Crippen LogP contribution < -0.4 is 5.73 Å². The Balaban J connectivity index is 1.56. The summed E-state index contributed by atoms with van der Waals surface area (Å²) in [4.78, 5) is 4.02. The van der Waals surface area contributed by atoms with Crippen molar-refractivity contribution in [2.24, 2.45) is 5.73 Å². The Labute approximate surface area is 110 Å². The van der Waals surface area contributed by atoms with Crippen molar-refractivity contribution < 1.29 is 4.74 Å². The number of nitrogens with zero attached hydrogens (tertiary/aromatic N) is 1. The molecule has 2 rings (SSSR count). The van der Waals surface area contributed by atoms with E-state index in [0.717, 1.165) is 25.9 Å². The van der Waals surface area contributed by atoms with Crippen molar-refractivity contribution in [1.29, 1.82) is 0 Å². The lowest BCUT2D eigenvalue weighted by atomic mass is 10.0. The molecule has 0 saturated carbocycles. The van der Waals surface area contributed by atoms with Gasteiger partial charge in [-0.3, -0.25) is 4.98 Å². The molecule has 1 aliphatic heterocycles. The van der Waals surface area contributed by atoms with Gasteiger partial charge in [0.2, 0.25) is 0 Å². The van der Waals surface area contributed by atoms with E-state index in [-0.39, 0.29) is 0 Å². The summed E-state index contributed by atoms with van der Waals surface area (Å²) in [5.74, 6) is 0. The minimum Gasteiger partial charge on any atom is -0.378 e. The summed E-state index contributed by atoms with van der Waals surface area (Å²) in [7, 11) is 0. The van der Waals surface area contributed by atoms with Crippen LogP contribution in [0.1, 0.15) is 44.1 Å². The van der Waals surface area contributed by atoms with Crippen LogP contribution in [0, 0.1) is 0 Å². The molecule has 1 aliphatic rings. The Hall–Kier alpha value is -0.930. The molecule has 2 heterocycles. The molecule has 0 aromatic carbocycles. The van der Waals surface area contributed by atoms with Gasteiger partial charge in [-0.1, -0.05) is 0 Å². The second-order valence-electron chi connectivity index (χ2n) is 5.22. The zero-order valence-electron chi connectivity index (χ0n) is 11.1. The van der Waals surface area contributed by atoms with Crippen molar-refractivity contribution in [3.05, 3.63) is 30.1 Å². The monoisotopic (exact) mass is 248 g/mol. The third kappa shape index (κ3) is 4.75. The lowest BCUT2D eigenvalue weighted by Crippen LogP contribution is -2.21. The molecule has 2 N–H and O–H groups in total. The van der Waals surface area contributed by atoms with E-state index in [1.807, 2.05) is 12.4 Å². The Kier molecular flexibility index (Phi) is 5.62. The molecule has 18 heavy (non-hydrogen) atoms. The lowest BCUT2D eigenvalue weighted by molar-refractivity contribution is 0.101. The molecule has 0 radical (unpaired) electrons. The lowest BCUT2D eigenvalue weighted by Gasteiger charge is -2.13. The molecule has 100 valence electrons. The maximum atomic E-state index is 6.15. The minimum absolute atomic E-state index is 0.319. The first-order valence-corrected chi connectivity index (χ1v) is 7.10. The van der Waals surface area contributed by atoms with Gasteiger partial charge in [0.15, 0.2) is 0 Å². The van der Waals surface area contributed by atoms with Gasteiger partial charge in [-0.2, -0.15) is 0 Å². The fourth-order valence-corrected chi connectivity index (χ4v) is 2.53. The Bertz CT molecular complexity index is 323. The number of aryl methyl sites for hydroxylation is 1. The standard InChI is InChI=1S/C15H24N2O/c16-14(3-1-4-15-5-2-12-18-15)7-6-13-8-10-17-11-9-13/h8-11,14-15H,1-7,12,16H2. The molecule has 1 fully saturated rings. The smallest absolute Gasteiger partial charge is 0.0576 e. The van der Waals surface area contributed by atoms with Crippen LogP contribution in [-0.2, 0) is 11.2 Å². The number of pyridine rings is 1. The van der Waals surface area contributed by atoms with Gasteiger partial charge >= 0.3 is 0 Å². The van der Waals surface area contributed by atoms with Crippen molar-refractivity contribution in [3.8, 4) is 0 Å². The maximum Gasteiger partial charge on any atom is 0.0576 e. The molecule has 2 atom stereocenters. The molecule has 0 spiro atoms. The highest BCUT2D eigenvalue weighted by atomic mass is 16.5. The summed E-state index contributed by atoms with van der Waals surface area (Å²) in [6.07, 6.45) is 12.3. The van der Waals surface area contributed by atoms with Gasteiger partial charge in [-0.05, 0) is 62.6 Å². The van der Waals surface area contributed by atoms with E-state index in [4.69, 9.17) is 10.5 Å². The van der Waals surface area contributed by atoms with Gasteiger partial charge < -0.3 is 10.5 Å². The molecule has 1 aromatic rings. The molecule has 0 aliphatic carbocycles. The first kappa shape index (κ1) is 13.5. The second-order valence-corrected chi connectivity index (χ2v) is 5.22. The zero-order valence-corrected chi connectivity index (χ0v) is 11.1. The number of hydrogen-bond donors (Lipinski definition) is 1. The average Bonchev–Trinajstić information content (AvgIpc) is 2.91. The van der Waals surface area contributed by atoms with E-state index in [2.05, 4.69) is 17.1 Å². The van der Waals surface area contributed by atoms with Crippen molar-refractivity contribution in [2.45, 2.75) is 57.1 Å². The number of hydrogen-bond acceptors (Lipinski definition) is 3. The topological polar surface area (TPSA) is 48.1 Å². The molecule has 1 saturated heterocycles. The molecule has 0 bridgehead atoms. The third-order valence-electron chi connectivity index (χ3n) is 3.68. The van der Waals surface area contributed by atoms with E-state index in [1.54, 1.807) is 0 Å². The normalized spacial score (nSPS) is 21.1. The van der Waals surface area contributed by atoms with Crippen LogP contribution in [-0.4, -0.2) is 23.7 Å². The summed E-state index contributed by atoms with van der Waals surface area (Å²) in [6, 6.07) is 4.46. The zero-order chi connectivity index (χ0) is 12.6. The Morgan fingerprint density at radius 2 is 2.17 bits per heavy atom. The number of aromatic nitrogens is 1. The van der Waals surface area contributed by atoms with Crippen molar-refractivity contribution in [2.75, 3.05) is 6.61 Å². The van der Waals surface area contributed by atoms with Crippen molar-refractivity contribution in [1.82, 2.24) is 4.98 Å². The number of nitrogens with two attached hydrogens (primary N) is 1. The molecular formula is C15H24N2O. The Morgan fingerprint density at radius 1 is 1.33 bits per heavy atom. The molecule has 0 amide bonds. The predicted octanol–water partition coefficient (Wildman–Crippen LogP) is 2.69. The quantitative estimate of drug-likeness (QED) is 0.807. The summed E-state index contributed by atoms with van der Waals surface area (Å²) in [5, 5.41) is 0. The van der Waals surface area contributed by atoms with Crippen LogP contribution in [0.15, 0.2) is 24.5 Å². The van der Waals surface area contributed by atoms with Crippen LogP contribution in [0.3, 0.4) is 0 Å². The number of rotatable bonds is 7. The predicted molar refractivity (Wildman–Crippen MR) is 73.4 cm³/mol. The fourth-order valence-electron chi connectivity index (χ4n) is 2.53. The minimum atomic E-state index is 0.319.